The molecule has 0 fully saturated rings. The molecule has 1 aromatic carbocycles. The number of rotatable bonds is 1. The number of hydrogen-bond acceptors (Lipinski definition) is 1. The molecular weight excluding hydrogens is 196 g/mol. The summed E-state index contributed by atoms with van der Waals surface area (Å²) < 4.78 is 0. The third-order valence-electron chi connectivity index (χ3n) is 3.55. The van der Waals surface area contributed by atoms with Gasteiger partial charge in [-0.15, -0.1) is 0 Å². The van der Waals surface area contributed by atoms with Gasteiger partial charge in [-0.25, -0.2) is 0 Å². The van der Waals surface area contributed by atoms with Crippen LogP contribution in [0.2, 0.25) is 0 Å². The Kier molecular flexibility index (Phi) is 2.24. The lowest BCUT2D eigenvalue weighted by Crippen LogP contribution is -2.06. The summed E-state index contributed by atoms with van der Waals surface area (Å²) in [7, 11) is 0. The van der Waals surface area contributed by atoms with Crippen molar-refractivity contribution in [3.8, 4) is 0 Å². The molecule has 0 heterocycles. The van der Waals surface area contributed by atoms with E-state index in [1.165, 1.54) is 11.1 Å². The summed E-state index contributed by atoms with van der Waals surface area (Å²) in [6, 6.07) is 10.5. The first-order valence-corrected chi connectivity index (χ1v) is 5.84. The summed E-state index contributed by atoms with van der Waals surface area (Å²) in [4.78, 5) is 11.7. The lowest BCUT2D eigenvalue weighted by atomic mass is 9.83. The molecule has 1 atom stereocenters. The molecule has 2 aliphatic carbocycles. The molecule has 1 heteroatoms. The molecule has 0 spiro atoms. The van der Waals surface area contributed by atoms with Gasteiger partial charge < -0.3 is 0 Å². The third-order valence-corrected chi connectivity index (χ3v) is 3.55. The van der Waals surface area contributed by atoms with E-state index in [-0.39, 0.29) is 0 Å². The molecule has 0 amide bonds. The summed E-state index contributed by atoms with van der Waals surface area (Å²) in [5, 5.41) is 0. The predicted octanol–water partition coefficient (Wildman–Crippen LogP) is 3.39. The van der Waals surface area contributed by atoms with Gasteiger partial charge >= 0.3 is 0 Å². The number of hydrogen-bond donors (Lipinski definition) is 0. The van der Waals surface area contributed by atoms with E-state index in [0.717, 1.165) is 18.4 Å². The van der Waals surface area contributed by atoms with Crippen molar-refractivity contribution in [1.29, 1.82) is 0 Å². The summed E-state index contributed by atoms with van der Waals surface area (Å²) in [5.74, 6) is 0.763. The van der Waals surface area contributed by atoms with E-state index in [4.69, 9.17) is 0 Å². The summed E-state index contributed by atoms with van der Waals surface area (Å²) in [6.45, 7) is 0. The van der Waals surface area contributed by atoms with Gasteiger partial charge in [0.2, 0.25) is 0 Å². The monoisotopic (exact) mass is 210 g/mol. The maximum Gasteiger partial charge on any atom is 0.163 e. The zero-order valence-electron chi connectivity index (χ0n) is 9.15. The van der Waals surface area contributed by atoms with Crippen LogP contribution in [0.25, 0.3) is 0 Å². The van der Waals surface area contributed by atoms with Crippen molar-refractivity contribution in [3.05, 3.63) is 59.2 Å². The molecule has 3 rings (SSSR count). The van der Waals surface area contributed by atoms with Gasteiger partial charge in [0.25, 0.3) is 0 Å². The van der Waals surface area contributed by atoms with Crippen LogP contribution in [-0.4, -0.2) is 5.78 Å². The molecule has 1 nitrogen and oxygen atoms in total. The standard InChI is InChI=1S/C15H14O/c16-15-10-9-13-12(7-4-8-14(13)15)11-5-2-1-3-6-11/h1-6,8,12H,7,9-10H2. The van der Waals surface area contributed by atoms with Crippen molar-refractivity contribution in [1.82, 2.24) is 0 Å². The highest BCUT2D eigenvalue weighted by Crippen LogP contribution is 2.40. The molecule has 2 aliphatic rings. The Bertz CT molecular complexity index is 479. The minimum atomic E-state index is 0.326. The fraction of sp³-hybridized carbons (Fsp3) is 0.267. The molecule has 16 heavy (non-hydrogen) atoms. The molecule has 0 bridgehead atoms. The molecule has 80 valence electrons. The number of allylic oxidation sites excluding steroid dienone is 4. The molecular formula is C15H14O. The van der Waals surface area contributed by atoms with Crippen LogP contribution < -0.4 is 0 Å². The Morgan fingerprint density at radius 2 is 1.88 bits per heavy atom. The lowest BCUT2D eigenvalue weighted by Gasteiger charge is -2.21. The van der Waals surface area contributed by atoms with E-state index >= 15 is 0 Å². The molecule has 1 aromatic rings. The maximum atomic E-state index is 11.7. The van der Waals surface area contributed by atoms with Crippen LogP contribution in [0.1, 0.15) is 30.7 Å². The summed E-state index contributed by atoms with van der Waals surface area (Å²) >= 11 is 0. The fourth-order valence-corrected chi connectivity index (χ4v) is 2.75. The van der Waals surface area contributed by atoms with Crippen LogP contribution in [-0.2, 0) is 4.79 Å². The van der Waals surface area contributed by atoms with Crippen molar-refractivity contribution in [2.24, 2.45) is 0 Å². The number of benzene rings is 1. The molecule has 0 N–H and O–H groups in total. The van der Waals surface area contributed by atoms with Crippen LogP contribution in [0.4, 0.5) is 0 Å². The van der Waals surface area contributed by atoms with Crippen molar-refractivity contribution in [2.75, 3.05) is 0 Å². The van der Waals surface area contributed by atoms with E-state index in [0.29, 0.717) is 18.1 Å². The van der Waals surface area contributed by atoms with Crippen molar-refractivity contribution in [3.63, 3.8) is 0 Å². The van der Waals surface area contributed by atoms with Gasteiger partial charge in [0.15, 0.2) is 5.78 Å². The summed E-state index contributed by atoms with van der Waals surface area (Å²) in [5.41, 5.74) is 3.69. The van der Waals surface area contributed by atoms with Crippen LogP contribution in [0, 0.1) is 0 Å². The van der Waals surface area contributed by atoms with Gasteiger partial charge in [-0.05, 0) is 18.4 Å². The van der Waals surface area contributed by atoms with Gasteiger partial charge in [-0.3, -0.25) is 4.79 Å². The van der Waals surface area contributed by atoms with E-state index in [9.17, 15) is 4.79 Å². The zero-order chi connectivity index (χ0) is 11.0. The minimum Gasteiger partial charge on any atom is -0.294 e. The Hall–Kier alpha value is -1.63. The average Bonchev–Trinajstić information content (AvgIpc) is 2.73. The third kappa shape index (κ3) is 1.44. The van der Waals surface area contributed by atoms with Gasteiger partial charge in [0, 0.05) is 17.9 Å². The summed E-state index contributed by atoms with van der Waals surface area (Å²) in [6.07, 6.45) is 6.86. The molecule has 1 unspecified atom stereocenters. The van der Waals surface area contributed by atoms with Crippen molar-refractivity contribution >= 4 is 5.78 Å². The molecule has 0 aromatic heterocycles. The van der Waals surface area contributed by atoms with Crippen LogP contribution >= 0.6 is 0 Å². The number of ketones is 1. The number of carbonyl (C=O) groups excluding carboxylic acids is 1. The Morgan fingerprint density at radius 3 is 2.69 bits per heavy atom. The van der Waals surface area contributed by atoms with Crippen molar-refractivity contribution < 1.29 is 4.79 Å². The van der Waals surface area contributed by atoms with E-state index in [1.807, 2.05) is 12.1 Å². The number of carbonyl (C=O) groups is 1. The fourth-order valence-electron chi connectivity index (χ4n) is 2.75. The lowest BCUT2D eigenvalue weighted by molar-refractivity contribution is -0.114. The van der Waals surface area contributed by atoms with Gasteiger partial charge in [0.1, 0.15) is 0 Å². The molecule has 0 radical (unpaired) electrons. The smallest absolute Gasteiger partial charge is 0.163 e. The van der Waals surface area contributed by atoms with Crippen LogP contribution in [0.15, 0.2) is 53.6 Å². The first-order chi connectivity index (χ1) is 7.86. The van der Waals surface area contributed by atoms with Gasteiger partial charge in [-0.2, -0.15) is 0 Å². The van der Waals surface area contributed by atoms with Crippen LogP contribution in [0.5, 0.6) is 0 Å². The topological polar surface area (TPSA) is 17.1 Å². The second kappa shape index (κ2) is 3.75. The van der Waals surface area contributed by atoms with Gasteiger partial charge in [-0.1, -0.05) is 48.1 Å². The Balaban J connectivity index is 2.02. The highest BCUT2D eigenvalue weighted by Gasteiger charge is 2.29. The second-order valence-corrected chi connectivity index (χ2v) is 4.46. The maximum absolute atomic E-state index is 11.7. The predicted molar refractivity (Wildman–Crippen MR) is 64.2 cm³/mol. The van der Waals surface area contributed by atoms with E-state index in [2.05, 4.69) is 30.3 Å². The zero-order valence-corrected chi connectivity index (χ0v) is 9.15. The van der Waals surface area contributed by atoms with Gasteiger partial charge in [0.05, 0.1) is 0 Å². The minimum absolute atomic E-state index is 0.326. The first kappa shape index (κ1) is 9.59. The molecule has 0 saturated heterocycles. The average molecular weight is 210 g/mol. The second-order valence-electron chi connectivity index (χ2n) is 4.46. The Morgan fingerprint density at radius 1 is 1.06 bits per heavy atom. The van der Waals surface area contributed by atoms with E-state index in [1.54, 1.807) is 0 Å². The number of Topliss-reactive ketones (excluding diaryl/α,β-unsaturated/α-hetero) is 1. The highest BCUT2D eigenvalue weighted by atomic mass is 16.1. The molecule has 0 aliphatic heterocycles. The Labute approximate surface area is 95.5 Å². The van der Waals surface area contributed by atoms with Crippen molar-refractivity contribution in [2.45, 2.75) is 25.2 Å². The quantitative estimate of drug-likeness (QED) is 0.694. The first-order valence-electron chi connectivity index (χ1n) is 5.84. The normalized spacial score (nSPS) is 23.8. The largest absolute Gasteiger partial charge is 0.294 e. The van der Waals surface area contributed by atoms with E-state index < -0.39 is 0 Å². The van der Waals surface area contributed by atoms with Crippen LogP contribution in [0.3, 0.4) is 0 Å². The molecule has 0 saturated carbocycles. The highest BCUT2D eigenvalue weighted by molar-refractivity contribution is 6.01. The SMILES string of the molecule is O=C1CCC2=C1C=CCC2c1ccccc1.